The highest BCUT2D eigenvalue weighted by Crippen LogP contribution is 2.38. The van der Waals surface area contributed by atoms with Crippen LogP contribution in [0.1, 0.15) is 42.6 Å². The maximum atomic E-state index is 13.0. The van der Waals surface area contributed by atoms with Crippen molar-refractivity contribution >= 4 is 17.5 Å². The second-order valence-electron chi connectivity index (χ2n) is 6.92. The van der Waals surface area contributed by atoms with Crippen LogP contribution in [0.15, 0.2) is 24.8 Å². The number of nitrogens with zero attached hydrogens (tertiary/aromatic N) is 7. The first-order valence-corrected chi connectivity index (χ1v) is 9.15. The van der Waals surface area contributed by atoms with Crippen LogP contribution < -0.4 is 10.6 Å². The first-order valence-electron chi connectivity index (χ1n) is 9.15. The fourth-order valence-electron chi connectivity index (χ4n) is 3.68. The van der Waals surface area contributed by atoms with Gasteiger partial charge in [0.15, 0.2) is 0 Å². The Labute approximate surface area is 164 Å². The average molecular weight is 407 g/mol. The Bertz CT molecular complexity index is 981. The van der Waals surface area contributed by atoms with Crippen molar-refractivity contribution in [2.45, 2.75) is 44.4 Å². The summed E-state index contributed by atoms with van der Waals surface area (Å²) >= 11 is 0. The van der Waals surface area contributed by atoms with Crippen LogP contribution >= 0.6 is 0 Å². The summed E-state index contributed by atoms with van der Waals surface area (Å²) in [6.45, 7) is 1.90. The van der Waals surface area contributed by atoms with Gasteiger partial charge in [0, 0.05) is 19.4 Å². The third-order valence-corrected chi connectivity index (χ3v) is 5.16. The molecule has 3 heterocycles. The van der Waals surface area contributed by atoms with E-state index in [1.54, 1.807) is 12.4 Å². The Morgan fingerprint density at radius 3 is 2.66 bits per heavy atom. The molecule has 3 aromatic heterocycles. The summed E-state index contributed by atoms with van der Waals surface area (Å²) in [5, 5.41) is 17.8. The maximum absolute atomic E-state index is 13.0. The smallest absolute Gasteiger partial charge is 0.372 e. The lowest BCUT2D eigenvalue weighted by molar-refractivity contribution is -0.137. The van der Waals surface area contributed by atoms with E-state index in [0.29, 0.717) is 5.69 Å². The van der Waals surface area contributed by atoms with Crippen LogP contribution in [0.4, 0.5) is 30.6 Å². The van der Waals surface area contributed by atoms with Gasteiger partial charge in [-0.2, -0.15) is 23.3 Å². The van der Waals surface area contributed by atoms with Crippen molar-refractivity contribution in [1.82, 2.24) is 34.7 Å². The molecule has 0 unspecified atom stereocenters. The molecule has 0 aliphatic heterocycles. The summed E-state index contributed by atoms with van der Waals surface area (Å²) < 4.78 is 42.8. The second-order valence-corrected chi connectivity index (χ2v) is 6.92. The summed E-state index contributed by atoms with van der Waals surface area (Å²) in [7, 11) is 1.39. The molecule has 9 nitrogen and oxygen atoms in total. The Morgan fingerprint density at radius 2 is 1.97 bits per heavy atom. The van der Waals surface area contributed by atoms with Crippen LogP contribution in [-0.4, -0.2) is 41.8 Å². The molecule has 0 bridgehead atoms. The first kappa shape index (κ1) is 19.2. The minimum atomic E-state index is -4.53. The molecule has 12 heteroatoms. The lowest BCUT2D eigenvalue weighted by Gasteiger charge is -2.15. The monoisotopic (exact) mass is 407 g/mol. The van der Waals surface area contributed by atoms with Gasteiger partial charge in [-0.05, 0) is 26.2 Å². The van der Waals surface area contributed by atoms with Gasteiger partial charge in [0.25, 0.3) is 0 Å². The van der Waals surface area contributed by atoms with Gasteiger partial charge in [-0.3, -0.25) is 4.68 Å². The number of rotatable bonds is 5. The van der Waals surface area contributed by atoms with Crippen LogP contribution in [0.3, 0.4) is 0 Å². The molecule has 29 heavy (non-hydrogen) atoms. The molecule has 0 saturated heterocycles. The highest BCUT2D eigenvalue weighted by molar-refractivity contribution is 5.58. The van der Waals surface area contributed by atoms with E-state index in [2.05, 4.69) is 36.0 Å². The summed E-state index contributed by atoms with van der Waals surface area (Å²) in [6.07, 6.45) is 4.21. The molecule has 0 amide bonds. The van der Waals surface area contributed by atoms with Crippen LogP contribution in [-0.2, 0) is 6.18 Å². The number of alkyl halides is 3. The Balaban J connectivity index is 1.51. The van der Waals surface area contributed by atoms with Crippen molar-refractivity contribution in [3.8, 4) is 0 Å². The number of nitrogens with one attached hydrogen (secondary N) is 2. The Hall–Kier alpha value is -3.18. The lowest BCUT2D eigenvalue weighted by Crippen LogP contribution is -2.13. The summed E-state index contributed by atoms with van der Waals surface area (Å²) in [5.41, 5.74) is 0.600. The average Bonchev–Trinajstić information content (AvgIpc) is 3.42. The third-order valence-electron chi connectivity index (χ3n) is 5.16. The van der Waals surface area contributed by atoms with Gasteiger partial charge in [-0.25, -0.2) is 9.67 Å². The van der Waals surface area contributed by atoms with E-state index in [4.69, 9.17) is 0 Å². The van der Waals surface area contributed by atoms with Crippen LogP contribution in [0.5, 0.6) is 0 Å². The van der Waals surface area contributed by atoms with Gasteiger partial charge in [0.05, 0.1) is 35.9 Å². The zero-order chi connectivity index (χ0) is 20.6. The van der Waals surface area contributed by atoms with Crippen LogP contribution in [0, 0.1) is 6.92 Å². The largest absolute Gasteiger partial charge is 0.421 e. The van der Waals surface area contributed by atoms with Crippen molar-refractivity contribution in [2.75, 3.05) is 17.7 Å². The molecule has 1 aliphatic rings. The van der Waals surface area contributed by atoms with Crippen molar-refractivity contribution < 1.29 is 13.2 Å². The molecular weight excluding hydrogens is 387 g/mol. The van der Waals surface area contributed by atoms with Crippen molar-refractivity contribution in [3.05, 3.63) is 36.0 Å². The summed E-state index contributed by atoms with van der Waals surface area (Å²) in [6, 6.07) is 0.486. The van der Waals surface area contributed by atoms with E-state index >= 15 is 0 Å². The summed E-state index contributed by atoms with van der Waals surface area (Å²) in [5.74, 6) is -0.219. The standard InChI is InChI=1S/C17H20F3N9/c1-10-14(25-16-22-8-13(17(18,19)20)15(21-2)26-16)9-24-29(10)12-4-3-11(7-12)28-6-5-23-27-28/h5-6,8-9,11-12H,3-4,7H2,1-2H3,(H2,21,22,25,26)/t11-,12-/m1/s1. The zero-order valence-electron chi connectivity index (χ0n) is 15.8. The van der Waals surface area contributed by atoms with E-state index in [9.17, 15) is 13.2 Å². The molecule has 4 rings (SSSR count). The van der Waals surface area contributed by atoms with Gasteiger partial charge in [-0.1, -0.05) is 5.21 Å². The molecule has 154 valence electrons. The fourth-order valence-corrected chi connectivity index (χ4v) is 3.68. The SMILES string of the molecule is CNc1nc(Nc2cnn([C@@H]3CC[C@@H](n4ccnn4)C3)c2C)ncc1C(F)(F)F. The minimum absolute atomic E-state index is 0.0666. The van der Waals surface area contributed by atoms with Gasteiger partial charge < -0.3 is 10.6 Å². The van der Waals surface area contributed by atoms with Crippen molar-refractivity contribution in [2.24, 2.45) is 0 Å². The molecule has 0 aromatic carbocycles. The minimum Gasteiger partial charge on any atom is -0.372 e. The maximum Gasteiger partial charge on any atom is 0.421 e. The quantitative estimate of drug-likeness (QED) is 0.669. The second kappa shape index (κ2) is 7.33. The molecule has 2 N–H and O–H groups in total. The van der Waals surface area contributed by atoms with E-state index in [1.807, 2.05) is 22.5 Å². The lowest BCUT2D eigenvalue weighted by atomic mass is 10.2. The Morgan fingerprint density at radius 1 is 1.17 bits per heavy atom. The van der Waals surface area contributed by atoms with Crippen LogP contribution in [0.2, 0.25) is 0 Å². The van der Waals surface area contributed by atoms with Gasteiger partial charge >= 0.3 is 6.18 Å². The molecule has 1 fully saturated rings. The molecule has 1 saturated carbocycles. The molecule has 0 spiro atoms. The third kappa shape index (κ3) is 3.74. The Kier molecular flexibility index (Phi) is 4.84. The summed E-state index contributed by atoms with van der Waals surface area (Å²) in [4.78, 5) is 7.74. The van der Waals surface area contributed by atoms with Gasteiger partial charge in [-0.15, -0.1) is 5.10 Å². The number of anilines is 3. The molecule has 3 aromatic rings. The van der Waals surface area contributed by atoms with E-state index in [1.165, 1.54) is 7.05 Å². The molecule has 1 aliphatic carbocycles. The molecule has 2 atom stereocenters. The van der Waals surface area contributed by atoms with Gasteiger partial charge in [0.2, 0.25) is 5.95 Å². The van der Waals surface area contributed by atoms with Crippen LogP contribution in [0.25, 0.3) is 0 Å². The number of hydrogen-bond donors (Lipinski definition) is 2. The molecular formula is C17H20F3N9. The zero-order valence-corrected chi connectivity index (χ0v) is 15.8. The topological polar surface area (TPSA) is 98.4 Å². The predicted molar refractivity (Wildman–Crippen MR) is 98.8 cm³/mol. The van der Waals surface area contributed by atoms with Crippen molar-refractivity contribution in [1.29, 1.82) is 0 Å². The van der Waals surface area contributed by atoms with Gasteiger partial charge in [0.1, 0.15) is 11.4 Å². The highest BCUT2D eigenvalue weighted by Gasteiger charge is 2.35. The van der Waals surface area contributed by atoms with E-state index in [0.717, 1.165) is 31.2 Å². The first-order chi connectivity index (χ1) is 13.9. The van der Waals surface area contributed by atoms with E-state index in [-0.39, 0.29) is 23.8 Å². The number of hydrogen-bond acceptors (Lipinski definition) is 7. The number of halogens is 3. The number of aromatic nitrogens is 7. The van der Waals surface area contributed by atoms with Crippen molar-refractivity contribution in [3.63, 3.8) is 0 Å². The highest BCUT2D eigenvalue weighted by atomic mass is 19.4. The van der Waals surface area contributed by atoms with E-state index < -0.39 is 11.7 Å². The fraction of sp³-hybridized carbons (Fsp3) is 0.471. The normalized spacial score (nSPS) is 19.5. The molecule has 0 radical (unpaired) electrons. The predicted octanol–water partition coefficient (Wildman–Crippen LogP) is 3.34.